The van der Waals surface area contributed by atoms with E-state index in [4.69, 9.17) is 17.0 Å². The first-order chi connectivity index (χ1) is 18.0. The Labute approximate surface area is 221 Å². The van der Waals surface area contributed by atoms with Crippen LogP contribution in [0.2, 0.25) is 0 Å². The summed E-state index contributed by atoms with van der Waals surface area (Å²) in [5.74, 6) is 0.242. The molecule has 4 rings (SSSR count). The molecule has 0 aromatic heterocycles. The fraction of sp³-hybridized carbons (Fsp3) is 0.100. The van der Waals surface area contributed by atoms with Crippen molar-refractivity contribution in [2.45, 2.75) is 12.8 Å². The Morgan fingerprint density at radius 2 is 1.32 bits per heavy atom. The summed E-state index contributed by atoms with van der Waals surface area (Å²) in [6, 6.07) is 33.7. The number of thiocarbonyl (C=S) groups is 1. The van der Waals surface area contributed by atoms with Gasteiger partial charge in [-0.3, -0.25) is 14.9 Å². The Bertz CT molecular complexity index is 1340. The van der Waals surface area contributed by atoms with E-state index < -0.39 is 0 Å². The fourth-order valence-corrected chi connectivity index (χ4v) is 3.84. The third-order valence-corrected chi connectivity index (χ3v) is 5.66. The molecule has 0 bridgehead atoms. The first-order valence-electron chi connectivity index (χ1n) is 11.9. The lowest BCUT2D eigenvalue weighted by molar-refractivity contribution is -0.115. The van der Waals surface area contributed by atoms with Gasteiger partial charge in [0.05, 0.1) is 13.0 Å². The van der Waals surface area contributed by atoms with Crippen molar-refractivity contribution >= 4 is 40.5 Å². The van der Waals surface area contributed by atoms with E-state index in [9.17, 15) is 9.59 Å². The molecule has 2 amide bonds. The SMILES string of the molecule is O=C(Cc1ccccc1)Nc1cccc(NC(=S)NC(=O)c2ccc(OCCc3ccccc3)cc2)c1. The lowest BCUT2D eigenvalue weighted by atomic mass is 10.1. The van der Waals surface area contributed by atoms with Crippen molar-refractivity contribution in [1.29, 1.82) is 0 Å². The van der Waals surface area contributed by atoms with Crippen LogP contribution in [-0.2, 0) is 17.6 Å². The van der Waals surface area contributed by atoms with Crippen molar-refractivity contribution < 1.29 is 14.3 Å². The molecule has 7 heteroatoms. The zero-order valence-corrected chi connectivity index (χ0v) is 21.0. The topological polar surface area (TPSA) is 79.5 Å². The summed E-state index contributed by atoms with van der Waals surface area (Å²) in [7, 11) is 0. The van der Waals surface area contributed by atoms with Gasteiger partial charge in [-0.15, -0.1) is 0 Å². The number of carbonyl (C=O) groups excluding carboxylic acids is 2. The monoisotopic (exact) mass is 509 g/mol. The van der Waals surface area contributed by atoms with Crippen molar-refractivity contribution in [3.8, 4) is 5.75 Å². The molecule has 3 N–H and O–H groups in total. The molecule has 4 aromatic rings. The van der Waals surface area contributed by atoms with E-state index in [0.29, 0.717) is 29.3 Å². The normalized spacial score (nSPS) is 10.3. The largest absolute Gasteiger partial charge is 0.493 e. The van der Waals surface area contributed by atoms with Crippen LogP contribution in [0.25, 0.3) is 0 Å². The predicted octanol–water partition coefficient (Wildman–Crippen LogP) is 5.62. The van der Waals surface area contributed by atoms with Crippen LogP contribution in [0.1, 0.15) is 21.5 Å². The van der Waals surface area contributed by atoms with E-state index in [0.717, 1.165) is 12.0 Å². The zero-order valence-electron chi connectivity index (χ0n) is 20.1. The molecular formula is C30H27N3O3S. The predicted molar refractivity (Wildman–Crippen MR) is 151 cm³/mol. The molecule has 0 fully saturated rings. The lowest BCUT2D eigenvalue weighted by Crippen LogP contribution is -2.34. The minimum Gasteiger partial charge on any atom is -0.493 e. The van der Waals surface area contributed by atoms with Gasteiger partial charge in [0.2, 0.25) is 5.91 Å². The van der Waals surface area contributed by atoms with E-state index in [-0.39, 0.29) is 23.3 Å². The maximum atomic E-state index is 12.6. The number of anilines is 2. The van der Waals surface area contributed by atoms with Crippen LogP contribution in [0.3, 0.4) is 0 Å². The first-order valence-corrected chi connectivity index (χ1v) is 12.3. The molecule has 0 aliphatic rings. The summed E-state index contributed by atoms with van der Waals surface area (Å²) in [4.78, 5) is 24.9. The van der Waals surface area contributed by atoms with Gasteiger partial charge in [0.1, 0.15) is 5.75 Å². The molecule has 0 heterocycles. The molecule has 0 radical (unpaired) electrons. The molecule has 0 saturated carbocycles. The van der Waals surface area contributed by atoms with Crippen LogP contribution in [0.4, 0.5) is 11.4 Å². The lowest BCUT2D eigenvalue weighted by Gasteiger charge is -2.12. The van der Waals surface area contributed by atoms with Crippen molar-refractivity contribution in [2.75, 3.05) is 17.2 Å². The van der Waals surface area contributed by atoms with Gasteiger partial charge in [0.25, 0.3) is 5.91 Å². The second-order valence-corrected chi connectivity index (χ2v) is 8.72. The van der Waals surface area contributed by atoms with E-state index in [1.807, 2.05) is 48.5 Å². The van der Waals surface area contributed by atoms with Crippen molar-refractivity contribution in [3.05, 3.63) is 126 Å². The number of nitrogens with one attached hydrogen (secondary N) is 3. The Kier molecular flexibility index (Phi) is 8.99. The number of hydrogen-bond acceptors (Lipinski definition) is 4. The number of rotatable bonds is 9. The van der Waals surface area contributed by atoms with E-state index >= 15 is 0 Å². The van der Waals surface area contributed by atoms with Gasteiger partial charge in [-0.2, -0.15) is 0 Å². The van der Waals surface area contributed by atoms with Crippen molar-refractivity contribution in [2.24, 2.45) is 0 Å². The maximum Gasteiger partial charge on any atom is 0.257 e. The Morgan fingerprint density at radius 1 is 0.703 bits per heavy atom. The van der Waals surface area contributed by atoms with Crippen LogP contribution in [-0.4, -0.2) is 23.5 Å². The summed E-state index contributed by atoms with van der Waals surface area (Å²) in [5.41, 5.74) is 3.87. The average Bonchev–Trinajstić information content (AvgIpc) is 2.90. The van der Waals surface area contributed by atoms with Gasteiger partial charge >= 0.3 is 0 Å². The van der Waals surface area contributed by atoms with Gasteiger partial charge in [0.15, 0.2) is 5.11 Å². The van der Waals surface area contributed by atoms with E-state index in [1.54, 1.807) is 48.5 Å². The number of carbonyl (C=O) groups is 2. The maximum absolute atomic E-state index is 12.6. The minimum absolute atomic E-state index is 0.119. The Morgan fingerprint density at radius 3 is 2.00 bits per heavy atom. The van der Waals surface area contributed by atoms with Gasteiger partial charge in [-0.05, 0) is 65.8 Å². The third kappa shape index (κ3) is 8.30. The quantitative estimate of drug-likeness (QED) is 0.255. The number of ether oxygens (including phenoxy) is 1. The molecule has 0 unspecified atom stereocenters. The number of amides is 2. The Hall–Kier alpha value is -4.49. The second-order valence-electron chi connectivity index (χ2n) is 8.31. The summed E-state index contributed by atoms with van der Waals surface area (Å²) < 4.78 is 5.78. The molecular weight excluding hydrogens is 482 g/mol. The second kappa shape index (κ2) is 13.0. The molecule has 0 saturated heterocycles. The first kappa shape index (κ1) is 25.6. The number of benzene rings is 4. The molecule has 6 nitrogen and oxygen atoms in total. The summed E-state index contributed by atoms with van der Waals surface area (Å²) in [6.07, 6.45) is 1.09. The van der Waals surface area contributed by atoms with Crippen LogP contribution >= 0.6 is 12.2 Å². The van der Waals surface area contributed by atoms with Gasteiger partial charge in [-0.25, -0.2) is 0 Å². The molecule has 4 aromatic carbocycles. The van der Waals surface area contributed by atoms with Crippen molar-refractivity contribution in [1.82, 2.24) is 5.32 Å². The highest BCUT2D eigenvalue weighted by Gasteiger charge is 2.10. The summed E-state index contributed by atoms with van der Waals surface area (Å²) in [6.45, 7) is 0.551. The molecule has 0 atom stereocenters. The molecule has 0 aliphatic carbocycles. The fourth-order valence-electron chi connectivity index (χ4n) is 3.63. The summed E-state index contributed by atoms with van der Waals surface area (Å²) in [5, 5.41) is 8.69. The molecule has 186 valence electrons. The van der Waals surface area contributed by atoms with Gasteiger partial charge in [-0.1, -0.05) is 66.7 Å². The Balaban J connectivity index is 1.24. The smallest absolute Gasteiger partial charge is 0.257 e. The van der Waals surface area contributed by atoms with Crippen LogP contribution in [0, 0.1) is 0 Å². The molecule has 0 spiro atoms. The highest BCUT2D eigenvalue weighted by Crippen LogP contribution is 2.16. The summed E-state index contributed by atoms with van der Waals surface area (Å²) >= 11 is 5.30. The highest BCUT2D eigenvalue weighted by atomic mass is 32.1. The molecule has 37 heavy (non-hydrogen) atoms. The van der Waals surface area contributed by atoms with Crippen LogP contribution in [0.15, 0.2) is 109 Å². The van der Waals surface area contributed by atoms with Crippen LogP contribution in [0.5, 0.6) is 5.75 Å². The zero-order chi connectivity index (χ0) is 25.9. The highest BCUT2D eigenvalue weighted by molar-refractivity contribution is 7.80. The molecule has 0 aliphatic heterocycles. The van der Waals surface area contributed by atoms with Crippen molar-refractivity contribution in [3.63, 3.8) is 0 Å². The van der Waals surface area contributed by atoms with E-state index in [1.165, 1.54) is 5.56 Å². The standard InChI is InChI=1S/C30H27N3O3S/c34-28(20-23-10-5-2-6-11-23)31-25-12-7-13-26(21-25)32-30(37)33-29(35)24-14-16-27(17-15-24)36-19-18-22-8-3-1-4-9-22/h1-17,21H,18-20H2,(H,31,34)(H2,32,33,35,37). The van der Waals surface area contributed by atoms with E-state index in [2.05, 4.69) is 28.1 Å². The third-order valence-electron chi connectivity index (χ3n) is 5.46. The van der Waals surface area contributed by atoms with Crippen LogP contribution < -0.4 is 20.7 Å². The van der Waals surface area contributed by atoms with Gasteiger partial charge < -0.3 is 15.4 Å². The average molecular weight is 510 g/mol. The minimum atomic E-state index is -0.333. The number of hydrogen-bond donors (Lipinski definition) is 3. The van der Waals surface area contributed by atoms with Gasteiger partial charge in [0, 0.05) is 23.4 Å².